The van der Waals surface area contributed by atoms with Gasteiger partial charge in [-0.15, -0.1) is 0 Å². The highest BCUT2D eigenvalue weighted by Gasteiger charge is 2.47. The van der Waals surface area contributed by atoms with E-state index < -0.39 is 0 Å². The minimum absolute atomic E-state index is 0.0456. The van der Waals surface area contributed by atoms with Crippen LogP contribution in [0, 0.1) is 0 Å². The molecular formula is C99H91BN2O. The van der Waals surface area contributed by atoms with Crippen molar-refractivity contribution in [1.29, 1.82) is 0 Å². The van der Waals surface area contributed by atoms with Gasteiger partial charge in [0.15, 0.2) is 0 Å². The van der Waals surface area contributed by atoms with Crippen molar-refractivity contribution in [3.63, 3.8) is 0 Å². The maximum Gasteiger partial charge on any atom is 0.252 e. The second kappa shape index (κ2) is 24.0. The molecule has 0 amide bonds. The highest BCUT2D eigenvalue weighted by atomic mass is 16.3. The quantitative estimate of drug-likeness (QED) is 0.141. The summed E-state index contributed by atoms with van der Waals surface area (Å²) in [5.74, 6) is -0.0585. The highest BCUT2D eigenvalue weighted by molar-refractivity contribution is 7.00. The van der Waals surface area contributed by atoms with E-state index >= 15 is 0 Å². The Bertz CT molecular complexity index is 5550. The summed E-state index contributed by atoms with van der Waals surface area (Å²) in [7, 11) is 0. The first-order chi connectivity index (χ1) is 49.3. The van der Waals surface area contributed by atoms with Crippen molar-refractivity contribution < 1.29 is 4.42 Å². The Balaban J connectivity index is 1.06. The maximum absolute atomic E-state index is 7.45. The Kier molecular flexibility index (Phi) is 15.3. The van der Waals surface area contributed by atoms with Crippen LogP contribution in [-0.4, -0.2) is 6.71 Å². The number of anilines is 6. The number of furan rings is 1. The fourth-order valence-corrected chi connectivity index (χ4v) is 16.8. The number of nitrogens with zero attached hydrogens (tertiary/aromatic N) is 2. The molecule has 0 radical (unpaired) electrons. The lowest BCUT2D eigenvalue weighted by Gasteiger charge is -2.46. The molecule has 0 saturated carbocycles. The topological polar surface area (TPSA) is 19.6 Å². The van der Waals surface area contributed by atoms with Gasteiger partial charge in [-0.25, -0.2) is 0 Å². The van der Waals surface area contributed by atoms with Crippen LogP contribution < -0.4 is 26.2 Å². The van der Waals surface area contributed by atoms with Gasteiger partial charge in [0, 0.05) is 61.7 Å². The van der Waals surface area contributed by atoms with E-state index in [2.05, 4.69) is 387 Å². The first-order valence-corrected chi connectivity index (χ1v) is 37.1. The number of hydrogen-bond donors (Lipinski definition) is 0. The van der Waals surface area contributed by atoms with E-state index in [-0.39, 0.29) is 39.7 Å². The van der Waals surface area contributed by atoms with E-state index in [0.29, 0.717) is 0 Å². The Hall–Kier alpha value is -10.7. The van der Waals surface area contributed by atoms with Crippen molar-refractivity contribution in [3.05, 3.63) is 317 Å². The standard InChI is InChI=1S/C99H91BN2O/c1-95(2,3)68-45-47-76-79(56-68)80-57-69(96(4,5)6)46-48-77(80)89(76)66-43-49-82-85(54-66)102(93-78(63-35-24-18-25-36-63)60-81-75-39-28-29-42-88(75)103-94(81)90(93)64-37-26-19-27-38-64)87-59-72(99(13,14)15)58-86-91(87)100(82)83-53-65(67-51-70(97(7,8)9)55-71(52-67)98(10,11)12)44-50-84(83)101(86)92-73(61-31-20-16-21-32-61)40-30-41-74(92)62-33-22-17-23-34-62/h16-60,89H,1-15H3. The molecule has 0 saturated heterocycles. The number of benzene rings is 13. The third-order valence-electron chi connectivity index (χ3n) is 22.5. The van der Waals surface area contributed by atoms with E-state index in [1.807, 2.05) is 0 Å². The van der Waals surface area contributed by atoms with Crippen molar-refractivity contribution in [1.82, 2.24) is 0 Å². The minimum Gasteiger partial charge on any atom is -0.455 e. The highest BCUT2D eigenvalue weighted by Crippen LogP contribution is 2.58. The third-order valence-corrected chi connectivity index (χ3v) is 22.5. The average molecular weight is 1340 g/mol. The zero-order chi connectivity index (χ0) is 71.4. The van der Waals surface area contributed by atoms with Crippen LogP contribution >= 0.6 is 0 Å². The molecule has 0 bridgehead atoms. The van der Waals surface area contributed by atoms with Gasteiger partial charge in [0.05, 0.1) is 11.4 Å². The number of hydrogen-bond acceptors (Lipinski definition) is 3. The van der Waals surface area contributed by atoms with E-state index in [1.165, 1.54) is 83.1 Å². The molecule has 17 rings (SSSR count). The summed E-state index contributed by atoms with van der Waals surface area (Å²) in [5, 5.41) is 2.17. The van der Waals surface area contributed by atoms with Crippen molar-refractivity contribution in [2.75, 3.05) is 9.80 Å². The van der Waals surface area contributed by atoms with E-state index in [4.69, 9.17) is 4.42 Å². The van der Waals surface area contributed by atoms with Gasteiger partial charge in [-0.1, -0.05) is 340 Å². The lowest BCUT2D eigenvalue weighted by atomic mass is 9.33. The minimum atomic E-state index is -0.322. The third kappa shape index (κ3) is 11.1. The van der Waals surface area contributed by atoms with Crippen LogP contribution in [0.3, 0.4) is 0 Å². The molecule has 3 nitrogen and oxygen atoms in total. The lowest BCUT2D eigenvalue weighted by Crippen LogP contribution is -2.61. The second-order valence-electron chi connectivity index (χ2n) is 34.5. The van der Waals surface area contributed by atoms with E-state index in [0.717, 1.165) is 101 Å². The molecule has 3 heterocycles. The summed E-state index contributed by atoms with van der Waals surface area (Å²) in [6.45, 7) is 35.1. The van der Waals surface area contributed by atoms with Gasteiger partial charge >= 0.3 is 0 Å². The smallest absolute Gasteiger partial charge is 0.252 e. The van der Waals surface area contributed by atoms with Gasteiger partial charge in [0.1, 0.15) is 11.2 Å². The molecule has 13 aromatic carbocycles. The van der Waals surface area contributed by atoms with Crippen LogP contribution in [-0.2, 0) is 27.1 Å². The predicted molar refractivity (Wildman–Crippen MR) is 441 cm³/mol. The van der Waals surface area contributed by atoms with Gasteiger partial charge in [0.25, 0.3) is 6.71 Å². The number of para-hydroxylation sites is 2. The maximum atomic E-state index is 7.45. The summed E-state index contributed by atoms with van der Waals surface area (Å²) in [5.41, 5.74) is 36.3. The Morgan fingerprint density at radius 1 is 0.291 bits per heavy atom. The molecule has 0 unspecified atom stereocenters. The molecule has 1 aromatic heterocycles. The Labute approximate surface area is 610 Å². The van der Waals surface area contributed by atoms with Gasteiger partial charge in [0.2, 0.25) is 0 Å². The normalized spacial score (nSPS) is 13.7. The molecule has 0 spiro atoms. The fraction of sp³-hybridized carbons (Fsp3) is 0.212. The predicted octanol–water partition coefficient (Wildman–Crippen LogP) is 25.7. The molecule has 14 aromatic rings. The van der Waals surface area contributed by atoms with Gasteiger partial charge < -0.3 is 14.2 Å². The molecule has 2 aliphatic heterocycles. The monoisotopic (exact) mass is 1330 g/mol. The Morgan fingerprint density at radius 2 is 0.767 bits per heavy atom. The van der Waals surface area contributed by atoms with E-state index in [1.54, 1.807) is 0 Å². The van der Waals surface area contributed by atoms with Crippen molar-refractivity contribution in [3.8, 4) is 66.8 Å². The van der Waals surface area contributed by atoms with Crippen molar-refractivity contribution >= 4 is 79.2 Å². The van der Waals surface area contributed by atoms with Crippen LogP contribution in [0.15, 0.2) is 277 Å². The number of rotatable bonds is 8. The number of fused-ring (bicyclic) bond motifs is 10. The summed E-state index contributed by atoms with van der Waals surface area (Å²) in [6, 6.07) is 105. The molecular weight excluding hydrogens is 1240 g/mol. The first kappa shape index (κ1) is 65.6. The van der Waals surface area contributed by atoms with E-state index in [9.17, 15) is 0 Å². The fourth-order valence-electron chi connectivity index (χ4n) is 16.8. The molecule has 0 fully saturated rings. The zero-order valence-electron chi connectivity index (χ0n) is 62.4. The summed E-state index contributed by atoms with van der Waals surface area (Å²) < 4.78 is 7.45. The molecule has 0 N–H and O–H groups in total. The molecule has 103 heavy (non-hydrogen) atoms. The van der Waals surface area contributed by atoms with Gasteiger partial charge in [-0.05, 0) is 169 Å². The second-order valence-corrected chi connectivity index (χ2v) is 34.5. The lowest BCUT2D eigenvalue weighted by molar-refractivity contribution is 0.569. The molecule has 506 valence electrons. The largest absolute Gasteiger partial charge is 0.455 e. The average Bonchev–Trinajstić information content (AvgIpc) is 1.64. The molecule has 3 aliphatic rings. The SMILES string of the molecule is CC(C)(C)c1cc(-c2ccc3c(c2)B2c4ccc(C5c6ccc(C(C)(C)C)cc6-c6cc(C(C)(C)C)ccc65)cc4N(c4c(-c5ccccc5)cc5c(oc6ccccc65)c4-c4ccccc4)c4cc(C(C)(C)C)cc(c42)N3c2c(-c3ccccc3)cccc2-c2ccccc2)cc(C(C)(C)C)c1. The zero-order valence-corrected chi connectivity index (χ0v) is 62.4. The summed E-state index contributed by atoms with van der Waals surface area (Å²) >= 11 is 0. The van der Waals surface area contributed by atoms with Crippen LogP contribution in [0.5, 0.6) is 0 Å². The molecule has 0 atom stereocenters. The van der Waals surface area contributed by atoms with Gasteiger partial charge in [-0.2, -0.15) is 0 Å². The Morgan fingerprint density at radius 3 is 1.29 bits per heavy atom. The van der Waals surface area contributed by atoms with Crippen molar-refractivity contribution in [2.24, 2.45) is 0 Å². The van der Waals surface area contributed by atoms with Gasteiger partial charge in [-0.3, -0.25) is 0 Å². The van der Waals surface area contributed by atoms with Crippen LogP contribution in [0.1, 0.15) is 154 Å². The van der Waals surface area contributed by atoms with Crippen LogP contribution in [0.2, 0.25) is 0 Å². The summed E-state index contributed by atoms with van der Waals surface area (Å²) in [4.78, 5) is 5.43. The van der Waals surface area contributed by atoms with Crippen molar-refractivity contribution in [2.45, 2.75) is 137 Å². The summed E-state index contributed by atoms with van der Waals surface area (Å²) in [6.07, 6.45) is 0. The molecule has 1 aliphatic carbocycles. The molecule has 4 heteroatoms. The first-order valence-electron chi connectivity index (χ1n) is 37.1. The van der Waals surface area contributed by atoms with Crippen LogP contribution in [0.25, 0.3) is 88.7 Å². The van der Waals surface area contributed by atoms with Crippen LogP contribution in [0.4, 0.5) is 34.1 Å².